The van der Waals surface area contributed by atoms with Crippen molar-refractivity contribution in [3.63, 3.8) is 0 Å². The molecule has 1 fully saturated rings. The van der Waals surface area contributed by atoms with Crippen molar-refractivity contribution in [1.29, 1.82) is 0 Å². The van der Waals surface area contributed by atoms with Crippen LogP contribution >= 0.6 is 0 Å². The highest BCUT2D eigenvalue weighted by Crippen LogP contribution is 2.40. The minimum Gasteiger partial charge on any atom is -0.393 e. The molecule has 2 aliphatic carbocycles. The normalized spacial score (nSPS) is 25.0. The predicted octanol–water partition coefficient (Wildman–Crippen LogP) is 2.34. The van der Waals surface area contributed by atoms with Gasteiger partial charge in [0.15, 0.2) is 0 Å². The molecule has 1 saturated carbocycles. The molecule has 2 aromatic heterocycles. The van der Waals surface area contributed by atoms with Gasteiger partial charge in [-0.25, -0.2) is 23.9 Å². The first-order valence-electron chi connectivity index (χ1n) is 10.6. The number of rotatable bonds is 6. The molecule has 9 nitrogen and oxygen atoms in total. The van der Waals surface area contributed by atoms with Gasteiger partial charge >= 0.3 is 10.3 Å². The van der Waals surface area contributed by atoms with Crippen molar-refractivity contribution >= 4 is 27.2 Å². The van der Waals surface area contributed by atoms with Gasteiger partial charge in [-0.15, -0.1) is 0 Å². The largest absolute Gasteiger partial charge is 0.393 e. The van der Waals surface area contributed by atoms with E-state index in [1.165, 1.54) is 6.33 Å². The van der Waals surface area contributed by atoms with Crippen LogP contribution in [0.2, 0.25) is 0 Å². The van der Waals surface area contributed by atoms with Crippen molar-refractivity contribution in [2.45, 2.75) is 43.9 Å². The second-order valence-electron chi connectivity index (χ2n) is 8.57. The molecule has 33 heavy (non-hydrogen) atoms. The first-order valence-corrected chi connectivity index (χ1v) is 12.1. The van der Waals surface area contributed by atoms with Crippen LogP contribution in [-0.4, -0.2) is 40.8 Å². The Bertz CT molecular complexity index is 1320. The van der Waals surface area contributed by atoms with Gasteiger partial charge < -0.3 is 15.0 Å². The van der Waals surface area contributed by atoms with E-state index < -0.39 is 40.0 Å². The first-order chi connectivity index (χ1) is 15.7. The molecule has 3 aromatic rings. The lowest BCUT2D eigenvalue weighted by Crippen LogP contribution is -2.24. The Morgan fingerprint density at radius 3 is 2.79 bits per heavy atom. The van der Waals surface area contributed by atoms with Crippen LogP contribution in [0.5, 0.6) is 0 Å². The summed E-state index contributed by atoms with van der Waals surface area (Å²) >= 11 is 0. The van der Waals surface area contributed by atoms with Crippen molar-refractivity contribution in [3.8, 4) is 0 Å². The van der Waals surface area contributed by atoms with Gasteiger partial charge in [-0.1, -0.05) is 0 Å². The molecule has 4 N–H and O–H groups in total. The third kappa shape index (κ3) is 4.19. The molecule has 2 heterocycles. The van der Waals surface area contributed by atoms with Crippen LogP contribution in [0.15, 0.2) is 30.7 Å². The average molecular weight is 480 g/mol. The topological polar surface area (TPSA) is 132 Å². The van der Waals surface area contributed by atoms with Gasteiger partial charge in [0.05, 0.1) is 24.1 Å². The van der Waals surface area contributed by atoms with Crippen molar-refractivity contribution in [1.82, 2.24) is 14.5 Å². The number of fused-ring (bicyclic) bond motifs is 2. The van der Waals surface area contributed by atoms with Crippen LogP contribution in [-0.2, 0) is 20.9 Å². The molecule has 1 aromatic carbocycles. The number of nitrogens with zero attached hydrogens (tertiary/aromatic N) is 3. The fourth-order valence-corrected chi connectivity index (χ4v) is 5.39. The number of nitrogens with two attached hydrogens (primary N) is 1. The molecule has 0 radical (unpaired) electrons. The van der Waals surface area contributed by atoms with Crippen LogP contribution < -0.4 is 10.5 Å². The molecule has 4 atom stereocenters. The van der Waals surface area contributed by atoms with Crippen molar-refractivity contribution in [2.24, 2.45) is 11.1 Å². The van der Waals surface area contributed by atoms with Gasteiger partial charge in [0.2, 0.25) is 0 Å². The highest BCUT2D eigenvalue weighted by molar-refractivity contribution is 7.84. The standard InChI is InChI=1S/C21H23F2N5O4S/c22-15-2-3-16(23)19-13(15)1-4-17(19)27-20-14-5-6-28(21(14)26-10-25-20)12-7-11(18(29)8-12)9-32-33(24,30)31/h2-3,5-6,10-12,17-18,29H,1,4,7-9H2,(H2,24,30,31)(H,25,26,27)/t11-,12+,17+,18-/m1/s1. The molecule has 0 amide bonds. The second-order valence-corrected chi connectivity index (χ2v) is 9.79. The number of halogens is 2. The number of benzene rings is 1. The third-order valence-electron chi connectivity index (χ3n) is 6.57. The van der Waals surface area contributed by atoms with E-state index in [4.69, 9.17) is 5.14 Å². The highest BCUT2D eigenvalue weighted by atomic mass is 32.2. The molecule has 0 spiro atoms. The van der Waals surface area contributed by atoms with Gasteiger partial charge in [-0.3, -0.25) is 4.18 Å². The average Bonchev–Trinajstić information content (AvgIpc) is 3.46. The van der Waals surface area contributed by atoms with Crippen LogP contribution in [0.4, 0.5) is 14.6 Å². The van der Waals surface area contributed by atoms with Gasteiger partial charge in [-0.2, -0.15) is 8.42 Å². The molecule has 2 aliphatic rings. The monoisotopic (exact) mass is 479 g/mol. The van der Waals surface area contributed by atoms with Crippen molar-refractivity contribution in [3.05, 3.63) is 53.5 Å². The van der Waals surface area contributed by atoms with E-state index in [9.17, 15) is 22.3 Å². The molecule has 5 rings (SSSR count). The van der Waals surface area contributed by atoms with E-state index in [0.29, 0.717) is 53.7 Å². The van der Waals surface area contributed by atoms with Gasteiger partial charge in [0.1, 0.15) is 29.4 Å². The fourth-order valence-electron chi connectivity index (χ4n) is 5.03. The predicted molar refractivity (Wildman–Crippen MR) is 115 cm³/mol. The zero-order chi connectivity index (χ0) is 23.3. The summed E-state index contributed by atoms with van der Waals surface area (Å²) in [5, 5.41) is 19.2. The quantitative estimate of drug-likeness (QED) is 0.494. The zero-order valence-electron chi connectivity index (χ0n) is 17.5. The van der Waals surface area contributed by atoms with Crippen LogP contribution in [0.1, 0.15) is 42.5 Å². The van der Waals surface area contributed by atoms with E-state index in [-0.39, 0.29) is 12.6 Å². The van der Waals surface area contributed by atoms with Gasteiger partial charge in [0, 0.05) is 23.7 Å². The van der Waals surface area contributed by atoms with Crippen LogP contribution in [0.3, 0.4) is 0 Å². The summed E-state index contributed by atoms with van der Waals surface area (Å²) in [5.74, 6) is -0.738. The number of hydrogen-bond acceptors (Lipinski definition) is 7. The Balaban J connectivity index is 1.39. The molecule has 176 valence electrons. The Labute approximate surface area is 188 Å². The lowest BCUT2D eigenvalue weighted by Gasteiger charge is -2.17. The molecule has 0 aliphatic heterocycles. The number of aliphatic hydroxyl groups is 1. The Kier molecular flexibility index (Phi) is 5.55. The maximum Gasteiger partial charge on any atom is 0.333 e. The van der Waals surface area contributed by atoms with Crippen molar-refractivity contribution in [2.75, 3.05) is 11.9 Å². The maximum atomic E-state index is 14.4. The van der Waals surface area contributed by atoms with Gasteiger partial charge in [-0.05, 0) is 49.4 Å². The SMILES string of the molecule is NS(=O)(=O)OC[C@H]1C[C@H](n2ccc3c(N[C@H]4CCc5c(F)ccc(F)c54)ncnc32)C[C@H]1O. The number of aliphatic hydroxyl groups excluding tert-OH is 1. The van der Waals surface area contributed by atoms with E-state index in [1.807, 2.05) is 16.8 Å². The minimum absolute atomic E-state index is 0.131. The highest BCUT2D eigenvalue weighted by Gasteiger charge is 2.36. The van der Waals surface area contributed by atoms with E-state index in [0.717, 1.165) is 12.1 Å². The number of anilines is 1. The Morgan fingerprint density at radius 2 is 2.00 bits per heavy atom. The number of hydrogen-bond donors (Lipinski definition) is 3. The molecule has 0 unspecified atom stereocenters. The fraction of sp³-hybridized carbons (Fsp3) is 0.429. The summed E-state index contributed by atoms with van der Waals surface area (Å²) in [6.45, 7) is -0.194. The lowest BCUT2D eigenvalue weighted by atomic mass is 10.1. The number of aromatic nitrogens is 3. The molecular formula is C21H23F2N5O4S. The van der Waals surface area contributed by atoms with Crippen molar-refractivity contribution < 1.29 is 26.5 Å². The molecule has 0 saturated heterocycles. The second kappa shape index (κ2) is 8.28. The summed E-state index contributed by atoms with van der Waals surface area (Å²) in [5.41, 5.74) is 1.34. The molecule has 0 bridgehead atoms. The zero-order valence-corrected chi connectivity index (χ0v) is 18.3. The van der Waals surface area contributed by atoms with Crippen LogP contribution in [0, 0.1) is 17.6 Å². The number of nitrogens with one attached hydrogen (secondary N) is 1. The summed E-state index contributed by atoms with van der Waals surface area (Å²) in [4.78, 5) is 8.70. The van der Waals surface area contributed by atoms with E-state index in [2.05, 4.69) is 19.5 Å². The van der Waals surface area contributed by atoms with Gasteiger partial charge in [0.25, 0.3) is 0 Å². The van der Waals surface area contributed by atoms with E-state index >= 15 is 0 Å². The maximum absolute atomic E-state index is 14.4. The first kappa shape index (κ1) is 22.1. The lowest BCUT2D eigenvalue weighted by molar-refractivity contribution is 0.100. The third-order valence-corrected chi connectivity index (χ3v) is 7.04. The summed E-state index contributed by atoms with van der Waals surface area (Å²) in [7, 11) is -4.08. The molecule has 12 heteroatoms. The summed E-state index contributed by atoms with van der Waals surface area (Å²) in [6.07, 6.45) is 4.33. The van der Waals surface area contributed by atoms with Crippen LogP contribution in [0.25, 0.3) is 11.0 Å². The molecular weight excluding hydrogens is 456 g/mol. The smallest absolute Gasteiger partial charge is 0.333 e. The minimum atomic E-state index is -4.08. The summed E-state index contributed by atoms with van der Waals surface area (Å²) in [6, 6.07) is 3.58. The Hall–Kier alpha value is -2.67. The summed E-state index contributed by atoms with van der Waals surface area (Å²) < 4.78 is 57.3. The Morgan fingerprint density at radius 1 is 1.21 bits per heavy atom. The van der Waals surface area contributed by atoms with E-state index in [1.54, 1.807) is 0 Å².